The molecule has 1 N–H and O–H groups in total. The number of nitrogens with zero attached hydrogens (tertiary/aromatic N) is 1. The van der Waals surface area contributed by atoms with Gasteiger partial charge in [0.2, 0.25) is 6.10 Å². The lowest BCUT2D eigenvalue weighted by atomic mass is 10.1. The average molecular weight is 413 g/mol. The molecule has 3 rings (SSSR count). The van der Waals surface area contributed by atoms with E-state index in [1.165, 1.54) is 18.2 Å². The molecule has 0 aliphatic carbocycles. The molecular weight excluding hydrogens is 390 g/mol. The Morgan fingerprint density at radius 2 is 2.07 bits per heavy atom. The molecule has 146 valence electrons. The maximum Gasteiger partial charge on any atom is 0.268 e. The molecular formula is C20H23Cl2FN2O2. The summed E-state index contributed by atoms with van der Waals surface area (Å²) < 4.78 is 19.3. The molecule has 0 saturated carbocycles. The van der Waals surface area contributed by atoms with Crippen LogP contribution < -0.4 is 10.1 Å². The fraction of sp³-hybridized carbons (Fsp3) is 0.350. The van der Waals surface area contributed by atoms with Gasteiger partial charge in [-0.3, -0.25) is 4.79 Å². The quantitative estimate of drug-likeness (QED) is 0.776. The fourth-order valence-corrected chi connectivity index (χ4v) is 3.45. The summed E-state index contributed by atoms with van der Waals surface area (Å²) in [4.78, 5) is 15.0. The zero-order chi connectivity index (χ0) is 18.5. The predicted molar refractivity (Wildman–Crippen MR) is 107 cm³/mol. The monoisotopic (exact) mass is 412 g/mol. The van der Waals surface area contributed by atoms with Crippen LogP contribution in [-0.4, -0.2) is 37.5 Å². The van der Waals surface area contributed by atoms with Crippen molar-refractivity contribution in [1.29, 1.82) is 0 Å². The Bertz CT molecular complexity index is 761. The third kappa shape index (κ3) is 5.34. The third-order valence-corrected chi connectivity index (χ3v) is 4.85. The first kappa shape index (κ1) is 21.5. The van der Waals surface area contributed by atoms with Crippen molar-refractivity contribution in [2.75, 3.05) is 26.7 Å². The number of carbonyl (C=O) groups excluding carboxylic acids is 1. The van der Waals surface area contributed by atoms with E-state index < -0.39 is 11.9 Å². The molecule has 1 aliphatic rings. The highest BCUT2D eigenvalue weighted by molar-refractivity contribution is 6.32. The molecule has 27 heavy (non-hydrogen) atoms. The van der Waals surface area contributed by atoms with Crippen molar-refractivity contribution in [3.05, 3.63) is 64.9 Å². The molecule has 4 nitrogen and oxygen atoms in total. The minimum Gasteiger partial charge on any atom is -0.474 e. The molecule has 0 spiro atoms. The predicted octanol–water partition coefficient (Wildman–Crippen LogP) is 4.09. The summed E-state index contributed by atoms with van der Waals surface area (Å²) in [5.74, 6) is 0.186. The van der Waals surface area contributed by atoms with Crippen molar-refractivity contribution < 1.29 is 13.9 Å². The second-order valence-electron chi connectivity index (χ2n) is 6.48. The van der Waals surface area contributed by atoms with Gasteiger partial charge >= 0.3 is 0 Å². The molecule has 1 saturated heterocycles. The molecule has 0 bridgehead atoms. The number of amides is 1. The van der Waals surface area contributed by atoms with Gasteiger partial charge in [0.1, 0.15) is 11.6 Å². The Hall–Kier alpha value is -1.82. The Morgan fingerprint density at radius 1 is 1.33 bits per heavy atom. The summed E-state index contributed by atoms with van der Waals surface area (Å²) in [5, 5.41) is 3.31. The fourth-order valence-electron chi connectivity index (χ4n) is 3.24. The van der Waals surface area contributed by atoms with Crippen molar-refractivity contribution in [3.63, 3.8) is 0 Å². The van der Waals surface area contributed by atoms with Crippen LogP contribution in [0.5, 0.6) is 5.75 Å². The summed E-state index contributed by atoms with van der Waals surface area (Å²) >= 11 is 6.09. The Morgan fingerprint density at radius 3 is 2.74 bits per heavy atom. The number of benzene rings is 2. The number of hydrogen-bond acceptors (Lipinski definition) is 3. The van der Waals surface area contributed by atoms with Crippen molar-refractivity contribution >= 4 is 29.9 Å². The van der Waals surface area contributed by atoms with Crippen LogP contribution in [0.4, 0.5) is 4.39 Å². The number of likely N-dealkylation sites (tertiary alicyclic amines) is 1. The number of carbonyl (C=O) groups is 1. The molecule has 1 fully saturated rings. The average Bonchev–Trinajstić information content (AvgIpc) is 3.10. The highest BCUT2D eigenvalue weighted by Gasteiger charge is 2.33. The van der Waals surface area contributed by atoms with Crippen molar-refractivity contribution in [3.8, 4) is 5.75 Å². The smallest absolute Gasteiger partial charge is 0.268 e. The van der Waals surface area contributed by atoms with E-state index in [-0.39, 0.29) is 23.3 Å². The van der Waals surface area contributed by atoms with Gasteiger partial charge < -0.3 is 15.0 Å². The van der Waals surface area contributed by atoms with Crippen molar-refractivity contribution in [2.24, 2.45) is 5.92 Å². The van der Waals surface area contributed by atoms with E-state index >= 15 is 0 Å². The lowest BCUT2D eigenvalue weighted by Gasteiger charge is -2.25. The Labute approximate surface area is 170 Å². The van der Waals surface area contributed by atoms with Gasteiger partial charge in [0, 0.05) is 18.7 Å². The first-order valence-electron chi connectivity index (χ1n) is 8.68. The van der Waals surface area contributed by atoms with E-state index in [9.17, 15) is 9.18 Å². The van der Waals surface area contributed by atoms with Gasteiger partial charge in [-0.15, -0.1) is 12.4 Å². The van der Waals surface area contributed by atoms with Crippen LogP contribution >= 0.6 is 24.0 Å². The van der Waals surface area contributed by atoms with E-state index in [1.54, 1.807) is 0 Å². The van der Waals surface area contributed by atoms with E-state index in [2.05, 4.69) is 5.32 Å². The standard InChI is InChI=1S/C20H22ClFN2O2.ClH/c1-23-12-14-9-10-24(13-14)20(25)19(15-5-3-2-4-6-15)26-18-8-7-16(22)11-17(18)21;/h2-8,11,14,19,23H,9-10,12-13H2,1H3;1H. The number of nitrogens with one attached hydrogen (secondary N) is 1. The van der Waals surface area contributed by atoms with E-state index in [4.69, 9.17) is 16.3 Å². The summed E-state index contributed by atoms with van der Waals surface area (Å²) in [5.41, 5.74) is 0.745. The second kappa shape index (κ2) is 9.93. The van der Waals surface area contributed by atoms with Gasteiger partial charge in [-0.1, -0.05) is 41.9 Å². The zero-order valence-electron chi connectivity index (χ0n) is 15.0. The Balaban J connectivity index is 0.00000261. The molecule has 2 unspecified atom stereocenters. The van der Waals surface area contributed by atoms with Gasteiger partial charge in [-0.2, -0.15) is 0 Å². The summed E-state index contributed by atoms with van der Waals surface area (Å²) in [6.07, 6.45) is 0.151. The maximum atomic E-state index is 13.3. The number of rotatable bonds is 6. The Kier molecular flexibility index (Phi) is 7.90. The van der Waals surface area contributed by atoms with Crippen molar-refractivity contribution in [2.45, 2.75) is 12.5 Å². The normalized spacial score (nSPS) is 17.3. The van der Waals surface area contributed by atoms with E-state index in [0.717, 1.165) is 18.5 Å². The number of hydrogen-bond donors (Lipinski definition) is 1. The second-order valence-corrected chi connectivity index (χ2v) is 6.89. The van der Waals surface area contributed by atoms with Crippen LogP contribution in [0.1, 0.15) is 18.1 Å². The van der Waals surface area contributed by atoms with Gasteiger partial charge in [-0.05, 0) is 44.1 Å². The van der Waals surface area contributed by atoms with Crippen LogP contribution in [0.25, 0.3) is 0 Å². The molecule has 0 aromatic heterocycles. The van der Waals surface area contributed by atoms with Gasteiger partial charge in [-0.25, -0.2) is 4.39 Å². The minimum atomic E-state index is -0.813. The van der Waals surface area contributed by atoms with Crippen LogP contribution in [0.15, 0.2) is 48.5 Å². The molecule has 2 aromatic rings. The minimum absolute atomic E-state index is 0. The van der Waals surface area contributed by atoms with Gasteiger partial charge in [0.25, 0.3) is 5.91 Å². The number of ether oxygens (including phenoxy) is 1. The highest BCUT2D eigenvalue weighted by atomic mass is 35.5. The van der Waals surface area contributed by atoms with E-state index in [0.29, 0.717) is 24.8 Å². The van der Waals surface area contributed by atoms with Crippen LogP contribution in [-0.2, 0) is 4.79 Å². The van der Waals surface area contributed by atoms with Crippen LogP contribution in [0.3, 0.4) is 0 Å². The molecule has 1 aliphatic heterocycles. The first-order chi connectivity index (χ1) is 12.6. The summed E-state index contributed by atoms with van der Waals surface area (Å²) in [7, 11) is 1.91. The largest absolute Gasteiger partial charge is 0.474 e. The molecule has 7 heteroatoms. The van der Waals surface area contributed by atoms with Crippen molar-refractivity contribution in [1.82, 2.24) is 10.2 Å². The third-order valence-electron chi connectivity index (χ3n) is 4.56. The first-order valence-corrected chi connectivity index (χ1v) is 9.06. The van der Waals surface area contributed by atoms with Gasteiger partial charge in [0.05, 0.1) is 5.02 Å². The molecule has 1 heterocycles. The topological polar surface area (TPSA) is 41.6 Å². The van der Waals surface area contributed by atoms with E-state index in [1.807, 2.05) is 42.3 Å². The van der Waals surface area contributed by atoms with Crippen LogP contribution in [0, 0.1) is 11.7 Å². The summed E-state index contributed by atoms with van der Waals surface area (Å²) in [6.45, 7) is 2.28. The van der Waals surface area contributed by atoms with Gasteiger partial charge in [0.15, 0.2) is 0 Å². The maximum absolute atomic E-state index is 13.3. The molecule has 0 radical (unpaired) electrons. The lowest BCUT2D eigenvalue weighted by Crippen LogP contribution is -2.36. The zero-order valence-corrected chi connectivity index (χ0v) is 16.6. The highest BCUT2D eigenvalue weighted by Crippen LogP contribution is 2.31. The lowest BCUT2D eigenvalue weighted by molar-refractivity contribution is -0.138. The van der Waals surface area contributed by atoms with Crippen LogP contribution in [0.2, 0.25) is 5.02 Å². The molecule has 2 aromatic carbocycles. The SMILES string of the molecule is CNCC1CCN(C(=O)C(Oc2ccc(F)cc2Cl)c2ccccc2)C1.Cl. The number of halogens is 3. The molecule has 1 amide bonds. The molecule has 2 atom stereocenters. The summed E-state index contributed by atoms with van der Waals surface area (Å²) in [6, 6.07) is 13.2.